The van der Waals surface area contributed by atoms with Crippen LogP contribution >= 0.6 is 0 Å². The maximum absolute atomic E-state index is 13.1. The second-order valence-electron chi connectivity index (χ2n) is 9.04. The Hall–Kier alpha value is -3.94. The number of carboxylic acids is 1. The van der Waals surface area contributed by atoms with E-state index in [2.05, 4.69) is 39.6 Å². The molecule has 7 nitrogen and oxygen atoms in total. The van der Waals surface area contributed by atoms with Crippen LogP contribution in [-0.4, -0.2) is 60.0 Å². The van der Waals surface area contributed by atoms with E-state index in [4.69, 9.17) is 0 Å². The molecule has 1 amide bonds. The fraction of sp³-hybridized carbons (Fsp3) is 0.214. The molecule has 0 radical (unpaired) electrons. The number of likely N-dealkylation sites (N-methyl/N-ethyl adjacent to an activating group) is 1. The number of aromatic carboxylic acids is 1. The second kappa shape index (κ2) is 9.74. The maximum Gasteiger partial charge on any atom is 0.335 e. The third-order valence-electron chi connectivity index (χ3n) is 6.52. The van der Waals surface area contributed by atoms with Gasteiger partial charge >= 0.3 is 5.97 Å². The molecule has 3 aromatic rings. The zero-order valence-electron chi connectivity index (χ0n) is 19.6. The molecule has 0 atom stereocenters. The Bertz CT molecular complexity index is 1290. The van der Waals surface area contributed by atoms with Gasteiger partial charge in [0.2, 0.25) is 0 Å². The number of fused-ring (bicyclic) bond motifs is 1. The number of carbonyl (C=O) groups is 2. The molecule has 0 unspecified atom stereocenters. The number of hydrogen-bond donors (Lipinski definition) is 3. The van der Waals surface area contributed by atoms with Crippen molar-refractivity contribution < 1.29 is 14.7 Å². The number of benzene rings is 3. The Morgan fingerprint density at radius 1 is 0.943 bits per heavy atom. The minimum absolute atomic E-state index is 0.135. The van der Waals surface area contributed by atoms with Gasteiger partial charge < -0.3 is 20.6 Å². The lowest BCUT2D eigenvalue weighted by molar-refractivity contribution is -0.110. The molecule has 0 aliphatic carbocycles. The molecule has 1 saturated heterocycles. The highest BCUT2D eigenvalue weighted by Gasteiger charge is 2.29. The zero-order valence-corrected chi connectivity index (χ0v) is 19.6. The highest BCUT2D eigenvalue weighted by Crippen LogP contribution is 2.38. The van der Waals surface area contributed by atoms with Crippen LogP contribution in [0.2, 0.25) is 0 Å². The number of piperazine rings is 1. The van der Waals surface area contributed by atoms with Gasteiger partial charge in [0.15, 0.2) is 0 Å². The van der Waals surface area contributed by atoms with Crippen LogP contribution in [0.3, 0.4) is 0 Å². The van der Waals surface area contributed by atoms with Crippen molar-refractivity contribution >= 4 is 34.5 Å². The van der Waals surface area contributed by atoms with E-state index < -0.39 is 5.97 Å². The molecule has 0 bridgehead atoms. The number of rotatable bonds is 6. The van der Waals surface area contributed by atoms with Gasteiger partial charge in [-0.2, -0.15) is 0 Å². The summed E-state index contributed by atoms with van der Waals surface area (Å²) in [6.45, 7) is 5.11. The van der Waals surface area contributed by atoms with Crippen LogP contribution in [0.5, 0.6) is 0 Å². The van der Waals surface area contributed by atoms with E-state index in [0.717, 1.165) is 44.0 Å². The van der Waals surface area contributed by atoms with Crippen LogP contribution in [0.1, 0.15) is 27.0 Å². The predicted octanol–water partition coefficient (Wildman–Crippen LogP) is 4.06. The van der Waals surface area contributed by atoms with Gasteiger partial charge in [0.05, 0.1) is 22.5 Å². The first-order chi connectivity index (χ1) is 17.0. The molecule has 0 spiro atoms. The third-order valence-corrected chi connectivity index (χ3v) is 6.52. The molecule has 178 valence electrons. The minimum Gasteiger partial charge on any atom is -0.478 e. The molecule has 3 aromatic carbocycles. The summed E-state index contributed by atoms with van der Waals surface area (Å²) in [5.41, 5.74) is 5.47. The Morgan fingerprint density at radius 2 is 1.71 bits per heavy atom. The van der Waals surface area contributed by atoms with Crippen molar-refractivity contribution in [1.29, 1.82) is 0 Å². The molecule has 1 fully saturated rings. The van der Waals surface area contributed by atoms with Gasteiger partial charge in [-0.15, -0.1) is 0 Å². The largest absolute Gasteiger partial charge is 0.478 e. The summed E-state index contributed by atoms with van der Waals surface area (Å²) >= 11 is 0. The number of carbonyl (C=O) groups excluding carboxylic acids is 1. The number of carboxylic acid groups (broad SMARTS) is 1. The Morgan fingerprint density at radius 3 is 2.46 bits per heavy atom. The van der Waals surface area contributed by atoms with Gasteiger partial charge in [-0.05, 0) is 42.4 Å². The van der Waals surface area contributed by atoms with Crippen LogP contribution in [0.25, 0.3) is 11.3 Å². The number of nitrogens with one attached hydrogen (secondary N) is 2. The maximum atomic E-state index is 13.1. The first-order valence-corrected chi connectivity index (χ1v) is 11.7. The monoisotopic (exact) mass is 468 g/mol. The fourth-order valence-electron chi connectivity index (χ4n) is 4.59. The van der Waals surface area contributed by atoms with Crippen molar-refractivity contribution in [2.45, 2.75) is 6.54 Å². The molecule has 7 heteroatoms. The summed E-state index contributed by atoms with van der Waals surface area (Å²) in [6.07, 6.45) is 0. The molecular weight excluding hydrogens is 440 g/mol. The lowest BCUT2D eigenvalue weighted by Gasteiger charge is -2.32. The topological polar surface area (TPSA) is 84.9 Å². The van der Waals surface area contributed by atoms with Crippen molar-refractivity contribution in [3.05, 3.63) is 95.1 Å². The van der Waals surface area contributed by atoms with Gasteiger partial charge in [0, 0.05) is 44.0 Å². The fourth-order valence-corrected chi connectivity index (χ4v) is 4.59. The average Bonchev–Trinajstić information content (AvgIpc) is 3.19. The summed E-state index contributed by atoms with van der Waals surface area (Å²) in [6, 6.07) is 22.7. The average molecular weight is 469 g/mol. The van der Waals surface area contributed by atoms with E-state index in [-0.39, 0.29) is 11.5 Å². The van der Waals surface area contributed by atoms with E-state index in [1.54, 1.807) is 6.07 Å². The number of anilines is 2. The second-order valence-corrected chi connectivity index (χ2v) is 9.04. The molecule has 2 aliphatic rings. The van der Waals surface area contributed by atoms with Gasteiger partial charge in [0.1, 0.15) is 0 Å². The predicted molar refractivity (Wildman–Crippen MR) is 138 cm³/mol. The van der Waals surface area contributed by atoms with Crippen molar-refractivity contribution in [2.24, 2.45) is 0 Å². The smallest absolute Gasteiger partial charge is 0.335 e. The quantitative estimate of drug-likeness (QED) is 0.473. The molecule has 0 saturated carbocycles. The highest BCUT2D eigenvalue weighted by atomic mass is 16.4. The van der Waals surface area contributed by atoms with Gasteiger partial charge in [-0.3, -0.25) is 9.69 Å². The van der Waals surface area contributed by atoms with E-state index >= 15 is 0 Å². The Balaban J connectivity index is 1.50. The van der Waals surface area contributed by atoms with Crippen molar-refractivity contribution in [1.82, 2.24) is 9.80 Å². The molecule has 3 N–H and O–H groups in total. The lowest BCUT2D eigenvalue weighted by atomic mass is 9.99. The van der Waals surface area contributed by atoms with Crippen molar-refractivity contribution in [3.63, 3.8) is 0 Å². The van der Waals surface area contributed by atoms with Crippen LogP contribution in [0.15, 0.2) is 72.8 Å². The summed E-state index contributed by atoms with van der Waals surface area (Å²) in [7, 11) is 2.15. The van der Waals surface area contributed by atoms with Crippen molar-refractivity contribution in [3.8, 4) is 0 Å². The molecule has 2 aliphatic heterocycles. The first-order valence-electron chi connectivity index (χ1n) is 11.7. The summed E-state index contributed by atoms with van der Waals surface area (Å²) in [4.78, 5) is 29.3. The van der Waals surface area contributed by atoms with Crippen LogP contribution in [-0.2, 0) is 11.3 Å². The Kier molecular flexibility index (Phi) is 6.35. The highest BCUT2D eigenvalue weighted by molar-refractivity contribution is 6.37. The summed E-state index contributed by atoms with van der Waals surface area (Å²) in [5, 5.41) is 15.7. The van der Waals surface area contributed by atoms with Gasteiger partial charge in [-0.1, -0.05) is 48.5 Å². The van der Waals surface area contributed by atoms with E-state index in [0.29, 0.717) is 22.5 Å². The normalized spacial score (nSPS) is 17.6. The zero-order chi connectivity index (χ0) is 24.4. The molecule has 0 aromatic heterocycles. The van der Waals surface area contributed by atoms with Crippen LogP contribution in [0, 0.1) is 0 Å². The standard InChI is InChI=1S/C28H28N4O3/c1-31-12-14-32(15-13-31)18-19-6-5-9-22(16-19)29-26(20-7-3-2-4-8-20)25-23-11-10-21(28(34)35)17-24(23)30-27(25)33/h2-11,16-17,29H,12-15,18H2,1H3,(H,30,33)(H,34,35)/b26-25-. The lowest BCUT2D eigenvalue weighted by Crippen LogP contribution is -2.43. The van der Waals surface area contributed by atoms with Gasteiger partial charge in [-0.25, -0.2) is 4.79 Å². The molecule has 2 heterocycles. The summed E-state index contributed by atoms with van der Waals surface area (Å²) in [5.74, 6) is -1.29. The Labute approximate surface area is 204 Å². The number of nitrogens with zero attached hydrogens (tertiary/aromatic N) is 2. The van der Waals surface area contributed by atoms with Crippen LogP contribution < -0.4 is 10.6 Å². The van der Waals surface area contributed by atoms with Crippen molar-refractivity contribution in [2.75, 3.05) is 43.9 Å². The third kappa shape index (κ3) is 4.96. The summed E-state index contributed by atoms with van der Waals surface area (Å²) < 4.78 is 0. The molecule has 5 rings (SSSR count). The first kappa shape index (κ1) is 22.8. The molecule has 35 heavy (non-hydrogen) atoms. The van der Waals surface area contributed by atoms with E-state index in [9.17, 15) is 14.7 Å². The number of amides is 1. The minimum atomic E-state index is -1.03. The number of hydrogen-bond acceptors (Lipinski definition) is 5. The SMILES string of the molecule is CN1CCN(Cc2cccc(N/C(=C3\C(=O)Nc4cc(C(=O)O)ccc43)c3ccccc3)c2)CC1. The van der Waals surface area contributed by atoms with Crippen LogP contribution in [0.4, 0.5) is 11.4 Å². The van der Waals surface area contributed by atoms with Gasteiger partial charge in [0.25, 0.3) is 5.91 Å². The van der Waals surface area contributed by atoms with E-state index in [1.165, 1.54) is 17.7 Å². The van der Waals surface area contributed by atoms with E-state index in [1.807, 2.05) is 42.5 Å². The molecular formula is C28H28N4O3.